The summed E-state index contributed by atoms with van der Waals surface area (Å²) in [5, 5.41) is 28.2. The minimum Gasteiger partial charge on any atom is -0.394 e. The average molecular weight is 276 g/mol. The van der Waals surface area contributed by atoms with Crippen molar-refractivity contribution in [2.75, 3.05) is 6.61 Å². The van der Waals surface area contributed by atoms with Crippen LogP contribution in [0, 0.1) is 12.9 Å². The third-order valence-electron chi connectivity index (χ3n) is 3.07. The molecule has 4 atom stereocenters. The number of aromatic amines is 1. The third kappa shape index (κ3) is 2.10. The predicted molar refractivity (Wildman–Crippen MR) is 59.0 cm³/mol. The molecule has 1 aliphatic heterocycles. The molecule has 0 bridgehead atoms. The molecule has 0 saturated carbocycles. The van der Waals surface area contributed by atoms with Crippen LogP contribution < -0.4 is 11.2 Å². The SMILES string of the molecule is Cc1c(F)n([C@@H]2O[C@H](CO)[C@@H](O)[C@@H]2O)c(=O)[nH]c1=O. The van der Waals surface area contributed by atoms with E-state index in [1.54, 1.807) is 0 Å². The van der Waals surface area contributed by atoms with Gasteiger partial charge in [-0.25, -0.2) is 9.36 Å². The van der Waals surface area contributed by atoms with Crippen LogP contribution >= 0.6 is 0 Å². The second-order valence-corrected chi connectivity index (χ2v) is 4.27. The lowest BCUT2D eigenvalue weighted by atomic mass is 10.1. The highest BCUT2D eigenvalue weighted by Crippen LogP contribution is 2.28. The molecule has 0 spiro atoms. The fourth-order valence-corrected chi connectivity index (χ4v) is 1.94. The zero-order valence-electron chi connectivity index (χ0n) is 9.91. The Balaban J connectivity index is 2.52. The Hall–Kier alpha value is -1.55. The average Bonchev–Trinajstić information content (AvgIpc) is 2.64. The van der Waals surface area contributed by atoms with Crippen molar-refractivity contribution in [2.24, 2.45) is 0 Å². The van der Waals surface area contributed by atoms with Crippen LogP contribution in [0.15, 0.2) is 9.59 Å². The Kier molecular flexibility index (Phi) is 3.54. The van der Waals surface area contributed by atoms with Crippen LogP contribution in [0.1, 0.15) is 11.8 Å². The van der Waals surface area contributed by atoms with Gasteiger partial charge in [-0.1, -0.05) is 0 Å². The van der Waals surface area contributed by atoms with Crippen LogP contribution in [0.25, 0.3) is 0 Å². The molecule has 0 unspecified atom stereocenters. The lowest BCUT2D eigenvalue weighted by Gasteiger charge is -2.18. The molecule has 2 heterocycles. The van der Waals surface area contributed by atoms with Gasteiger partial charge in [-0.15, -0.1) is 0 Å². The molecule has 1 aromatic heterocycles. The van der Waals surface area contributed by atoms with E-state index in [4.69, 9.17) is 9.84 Å². The van der Waals surface area contributed by atoms with Gasteiger partial charge in [0.05, 0.1) is 12.2 Å². The van der Waals surface area contributed by atoms with E-state index in [0.29, 0.717) is 4.57 Å². The monoisotopic (exact) mass is 276 g/mol. The number of nitrogens with zero attached hydrogens (tertiary/aromatic N) is 1. The topological polar surface area (TPSA) is 125 Å². The summed E-state index contributed by atoms with van der Waals surface area (Å²) in [5.41, 5.74) is -2.34. The van der Waals surface area contributed by atoms with Crippen molar-refractivity contribution in [2.45, 2.75) is 31.5 Å². The van der Waals surface area contributed by atoms with Gasteiger partial charge in [0.1, 0.15) is 18.3 Å². The quantitative estimate of drug-likeness (QED) is 0.446. The highest BCUT2D eigenvalue weighted by molar-refractivity contribution is 5.06. The Bertz CT molecular complexity index is 597. The van der Waals surface area contributed by atoms with E-state index in [2.05, 4.69) is 0 Å². The van der Waals surface area contributed by atoms with E-state index < -0.39 is 48.3 Å². The van der Waals surface area contributed by atoms with Crippen LogP contribution in [-0.2, 0) is 4.74 Å². The molecule has 0 aliphatic carbocycles. The number of hydrogen-bond donors (Lipinski definition) is 4. The van der Waals surface area contributed by atoms with E-state index in [0.717, 1.165) is 6.92 Å². The number of halogens is 1. The van der Waals surface area contributed by atoms with Gasteiger partial charge in [0.2, 0.25) is 5.95 Å². The largest absolute Gasteiger partial charge is 0.394 e. The van der Waals surface area contributed by atoms with E-state index in [9.17, 15) is 24.2 Å². The molecule has 1 saturated heterocycles. The summed E-state index contributed by atoms with van der Waals surface area (Å²) in [6.07, 6.45) is -5.73. The number of aromatic nitrogens is 2. The summed E-state index contributed by atoms with van der Waals surface area (Å²) in [6.45, 7) is 0.554. The fraction of sp³-hybridized carbons (Fsp3) is 0.600. The van der Waals surface area contributed by atoms with E-state index >= 15 is 0 Å². The van der Waals surface area contributed by atoms with Crippen molar-refractivity contribution < 1.29 is 24.4 Å². The van der Waals surface area contributed by atoms with Gasteiger partial charge >= 0.3 is 5.69 Å². The maximum absolute atomic E-state index is 13.9. The van der Waals surface area contributed by atoms with Gasteiger partial charge in [0.15, 0.2) is 6.23 Å². The Morgan fingerprint density at radius 1 is 1.37 bits per heavy atom. The lowest BCUT2D eigenvalue weighted by Crippen LogP contribution is -2.40. The Morgan fingerprint density at radius 2 is 2.00 bits per heavy atom. The van der Waals surface area contributed by atoms with Gasteiger partial charge in [-0.05, 0) is 6.92 Å². The summed E-state index contributed by atoms with van der Waals surface area (Å²) < 4.78 is 19.3. The molecular formula is C10H13FN2O6. The molecule has 0 radical (unpaired) electrons. The van der Waals surface area contributed by atoms with Crippen molar-refractivity contribution in [3.05, 3.63) is 32.3 Å². The second kappa shape index (κ2) is 4.85. The first kappa shape index (κ1) is 13.9. The summed E-state index contributed by atoms with van der Waals surface area (Å²) in [6, 6.07) is 0. The molecule has 1 aliphatic rings. The standard InChI is InChI=1S/C10H13FN2O6/c1-3-7(11)13(10(18)12-8(3)17)9-6(16)5(15)4(2-14)19-9/h4-6,9,14-16H,2H2,1H3,(H,12,17,18)/t4-,5-,6+,9-/m1/s1. The predicted octanol–water partition coefficient (Wildman–Crippen LogP) is -2.40. The van der Waals surface area contributed by atoms with Crippen molar-refractivity contribution >= 4 is 0 Å². The zero-order valence-corrected chi connectivity index (χ0v) is 9.91. The first-order valence-electron chi connectivity index (χ1n) is 5.51. The zero-order chi connectivity index (χ0) is 14.3. The molecule has 0 amide bonds. The van der Waals surface area contributed by atoms with E-state index in [-0.39, 0.29) is 5.56 Å². The van der Waals surface area contributed by atoms with Crippen molar-refractivity contribution in [3.63, 3.8) is 0 Å². The number of aliphatic hydroxyl groups excluding tert-OH is 3. The summed E-state index contributed by atoms with van der Waals surface area (Å²) >= 11 is 0. The molecule has 2 rings (SSSR count). The molecule has 9 heteroatoms. The molecule has 106 valence electrons. The minimum absolute atomic E-state index is 0.350. The van der Waals surface area contributed by atoms with E-state index in [1.807, 2.05) is 4.98 Å². The number of rotatable bonds is 2. The minimum atomic E-state index is -1.60. The fourth-order valence-electron chi connectivity index (χ4n) is 1.94. The van der Waals surface area contributed by atoms with Crippen LogP contribution in [0.3, 0.4) is 0 Å². The molecule has 4 N–H and O–H groups in total. The van der Waals surface area contributed by atoms with Gasteiger partial charge in [-0.2, -0.15) is 4.39 Å². The molecular weight excluding hydrogens is 263 g/mol. The number of ether oxygens (including phenoxy) is 1. The molecule has 1 aromatic rings. The molecule has 19 heavy (non-hydrogen) atoms. The van der Waals surface area contributed by atoms with Crippen LogP contribution in [-0.4, -0.2) is 49.8 Å². The summed E-state index contributed by atoms with van der Waals surface area (Å²) in [7, 11) is 0. The third-order valence-corrected chi connectivity index (χ3v) is 3.07. The number of aliphatic hydroxyl groups is 3. The molecule has 8 nitrogen and oxygen atoms in total. The maximum atomic E-state index is 13.9. The van der Waals surface area contributed by atoms with Crippen molar-refractivity contribution in [1.29, 1.82) is 0 Å². The van der Waals surface area contributed by atoms with Crippen LogP contribution in [0.5, 0.6) is 0 Å². The first-order chi connectivity index (χ1) is 8.88. The normalized spacial score (nSPS) is 30.8. The molecule has 0 aromatic carbocycles. The number of hydrogen-bond acceptors (Lipinski definition) is 6. The van der Waals surface area contributed by atoms with Crippen molar-refractivity contribution in [1.82, 2.24) is 9.55 Å². The van der Waals surface area contributed by atoms with Gasteiger partial charge in [0, 0.05) is 0 Å². The lowest BCUT2D eigenvalue weighted by molar-refractivity contribution is -0.0602. The van der Waals surface area contributed by atoms with Gasteiger partial charge in [-0.3, -0.25) is 9.78 Å². The second-order valence-electron chi connectivity index (χ2n) is 4.27. The smallest absolute Gasteiger partial charge is 0.332 e. The number of H-pyrrole nitrogens is 1. The van der Waals surface area contributed by atoms with Gasteiger partial charge < -0.3 is 20.1 Å². The molecule has 1 fully saturated rings. The van der Waals surface area contributed by atoms with Gasteiger partial charge in [0.25, 0.3) is 5.56 Å². The summed E-state index contributed by atoms with van der Waals surface area (Å²) in [4.78, 5) is 24.6. The summed E-state index contributed by atoms with van der Waals surface area (Å²) in [5.74, 6) is -1.16. The highest BCUT2D eigenvalue weighted by Gasteiger charge is 2.44. The van der Waals surface area contributed by atoms with Crippen LogP contribution in [0.4, 0.5) is 4.39 Å². The van der Waals surface area contributed by atoms with Crippen molar-refractivity contribution in [3.8, 4) is 0 Å². The highest BCUT2D eigenvalue weighted by atomic mass is 19.1. The maximum Gasteiger partial charge on any atom is 0.332 e. The Labute approximate surface area is 105 Å². The Morgan fingerprint density at radius 3 is 2.53 bits per heavy atom. The van der Waals surface area contributed by atoms with Crippen LogP contribution in [0.2, 0.25) is 0 Å². The number of nitrogens with one attached hydrogen (secondary N) is 1. The van der Waals surface area contributed by atoms with E-state index in [1.165, 1.54) is 0 Å². The first-order valence-corrected chi connectivity index (χ1v) is 5.51.